The van der Waals surface area contributed by atoms with E-state index in [4.69, 9.17) is 0 Å². The number of amides is 1. The first-order valence-electron chi connectivity index (χ1n) is 3.63. The molecule has 1 saturated heterocycles. The molecular formula is C7H12N2O3. The highest BCUT2D eigenvalue weighted by atomic mass is 16.6. The van der Waals surface area contributed by atoms with Crippen molar-refractivity contribution in [1.82, 2.24) is 4.90 Å². The summed E-state index contributed by atoms with van der Waals surface area (Å²) in [6.07, 6.45) is 1.09. The van der Waals surface area contributed by atoms with Crippen LogP contribution >= 0.6 is 0 Å². The van der Waals surface area contributed by atoms with Crippen LogP contribution in [0, 0.1) is 0 Å². The first-order valence-corrected chi connectivity index (χ1v) is 3.63. The molecule has 1 fully saturated rings. The van der Waals surface area contributed by atoms with Crippen LogP contribution in [-0.4, -0.2) is 47.9 Å². The Labute approximate surface area is 70.6 Å². The van der Waals surface area contributed by atoms with Crippen molar-refractivity contribution in [2.45, 2.75) is 12.5 Å². The van der Waals surface area contributed by atoms with Gasteiger partial charge >= 0.3 is 0 Å². The van der Waals surface area contributed by atoms with Gasteiger partial charge in [-0.1, -0.05) is 5.16 Å². The Kier molecular flexibility index (Phi) is 2.32. The van der Waals surface area contributed by atoms with Crippen molar-refractivity contribution in [3.8, 4) is 0 Å². The number of likely N-dealkylation sites (tertiary alicyclic amines) is 1. The number of aliphatic hydroxyl groups is 1. The average Bonchev–Trinajstić information content (AvgIpc) is 1.95. The van der Waals surface area contributed by atoms with Gasteiger partial charge in [0.1, 0.15) is 13.3 Å². The van der Waals surface area contributed by atoms with E-state index in [2.05, 4.69) is 9.99 Å². The number of rotatable bonds is 2. The summed E-state index contributed by atoms with van der Waals surface area (Å²) in [5.74, 6) is -0.233. The van der Waals surface area contributed by atoms with Crippen molar-refractivity contribution in [2.75, 3.05) is 20.2 Å². The lowest BCUT2D eigenvalue weighted by atomic mass is 9.97. The maximum absolute atomic E-state index is 11.1. The Hall–Kier alpha value is -1.10. The molecule has 1 heterocycles. The third-order valence-electron chi connectivity index (χ3n) is 1.64. The van der Waals surface area contributed by atoms with Crippen LogP contribution in [0.4, 0.5) is 0 Å². The number of β-amino-alcohol motifs (C(OH)–C–C–N with tert-alkyl or cyclic N) is 1. The zero-order chi connectivity index (χ0) is 9.19. The number of carbonyl (C=O) groups excluding carboxylic acids is 1. The highest BCUT2D eigenvalue weighted by Crippen LogP contribution is 2.18. The fourth-order valence-corrected chi connectivity index (χ4v) is 1.11. The van der Waals surface area contributed by atoms with E-state index in [1.807, 2.05) is 0 Å². The fraction of sp³-hybridized carbons (Fsp3) is 0.714. The first kappa shape index (κ1) is 8.99. The Bertz CT molecular complexity index is 205. The molecule has 0 spiro atoms. The van der Waals surface area contributed by atoms with E-state index >= 15 is 0 Å². The standard InChI is InChI=1S/C7H12N2O3/c1-7(11)4-9(5-7)6(10)3-8-12-2/h3,11H,4-5H2,1-2H3/b8-3+. The third-order valence-corrected chi connectivity index (χ3v) is 1.64. The molecule has 0 aromatic rings. The molecule has 1 rings (SSSR count). The molecule has 1 amide bonds. The van der Waals surface area contributed by atoms with Crippen molar-refractivity contribution in [1.29, 1.82) is 0 Å². The van der Waals surface area contributed by atoms with Gasteiger partial charge in [0.15, 0.2) is 0 Å². The maximum atomic E-state index is 11.1. The average molecular weight is 172 g/mol. The Morgan fingerprint density at radius 2 is 2.33 bits per heavy atom. The van der Waals surface area contributed by atoms with Crippen molar-refractivity contribution < 1.29 is 14.7 Å². The van der Waals surface area contributed by atoms with Gasteiger partial charge in [0.05, 0.1) is 18.7 Å². The zero-order valence-electron chi connectivity index (χ0n) is 7.15. The minimum atomic E-state index is -0.726. The summed E-state index contributed by atoms with van der Waals surface area (Å²) in [5, 5.41) is 12.6. The Morgan fingerprint density at radius 3 is 2.75 bits per heavy atom. The van der Waals surface area contributed by atoms with Gasteiger partial charge in [0.2, 0.25) is 0 Å². The molecule has 68 valence electrons. The molecule has 0 unspecified atom stereocenters. The van der Waals surface area contributed by atoms with Gasteiger partial charge in [-0.3, -0.25) is 4.79 Å². The van der Waals surface area contributed by atoms with Crippen molar-refractivity contribution >= 4 is 12.1 Å². The van der Waals surface area contributed by atoms with Crippen LogP contribution in [0.2, 0.25) is 0 Å². The summed E-state index contributed by atoms with van der Waals surface area (Å²) in [5.41, 5.74) is -0.726. The summed E-state index contributed by atoms with van der Waals surface area (Å²) < 4.78 is 0. The number of nitrogens with zero attached hydrogens (tertiary/aromatic N) is 2. The van der Waals surface area contributed by atoms with Gasteiger partial charge in [-0.25, -0.2) is 0 Å². The second-order valence-corrected chi connectivity index (χ2v) is 3.11. The second kappa shape index (κ2) is 3.10. The van der Waals surface area contributed by atoms with E-state index in [0.717, 1.165) is 6.21 Å². The fourth-order valence-electron chi connectivity index (χ4n) is 1.11. The van der Waals surface area contributed by atoms with E-state index in [9.17, 15) is 9.90 Å². The smallest absolute Gasteiger partial charge is 0.268 e. The molecule has 0 aliphatic carbocycles. The van der Waals surface area contributed by atoms with Gasteiger partial charge in [0, 0.05) is 0 Å². The topological polar surface area (TPSA) is 62.1 Å². The molecule has 0 saturated carbocycles. The molecule has 0 bridgehead atoms. The van der Waals surface area contributed by atoms with Crippen molar-refractivity contribution in [3.63, 3.8) is 0 Å². The first-order chi connectivity index (χ1) is 5.55. The van der Waals surface area contributed by atoms with Crippen molar-refractivity contribution in [2.24, 2.45) is 5.16 Å². The van der Waals surface area contributed by atoms with E-state index in [1.54, 1.807) is 6.92 Å². The summed E-state index contributed by atoms with van der Waals surface area (Å²) in [6.45, 7) is 2.41. The lowest BCUT2D eigenvalue weighted by Gasteiger charge is -2.43. The summed E-state index contributed by atoms with van der Waals surface area (Å²) in [6, 6.07) is 0. The monoisotopic (exact) mass is 172 g/mol. The van der Waals surface area contributed by atoms with Crippen LogP contribution < -0.4 is 0 Å². The molecule has 1 aliphatic heterocycles. The molecule has 0 atom stereocenters. The van der Waals surface area contributed by atoms with E-state index < -0.39 is 5.60 Å². The van der Waals surface area contributed by atoms with Gasteiger partial charge in [0.25, 0.3) is 5.91 Å². The Balaban J connectivity index is 2.33. The molecule has 0 radical (unpaired) electrons. The highest BCUT2D eigenvalue weighted by molar-refractivity contribution is 6.26. The molecule has 0 aromatic carbocycles. The number of hydrogen-bond donors (Lipinski definition) is 1. The van der Waals surface area contributed by atoms with Gasteiger partial charge in [-0.15, -0.1) is 0 Å². The lowest BCUT2D eigenvalue weighted by Crippen LogP contribution is -2.62. The molecule has 5 heteroatoms. The highest BCUT2D eigenvalue weighted by Gasteiger charge is 2.38. The van der Waals surface area contributed by atoms with E-state index in [-0.39, 0.29) is 5.91 Å². The predicted molar refractivity (Wildman–Crippen MR) is 42.7 cm³/mol. The van der Waals surface area contributed by atoms with Gasteiger partial charge < -0.3 is 14.8 Å². The number of oxime groups is 1. The number of hydrogen-bond acceptors (Lipinski definition) is 4. The van der Waals surface area contributed by atoms with Gasteiger partial charge in [-0.2, -0.15) is 0 Å². The predicted octanol–water partition coefficient (Wildman–Crippen LogP) is -0.788. The second-order valence-electron chi connectivity index (χ2n) is 3.11. The van der Waals surface area contributed by atoms with E-state index in [0.29, 0.717) is 13.1 Å². The van der Waals surface area contributed by atoms with Crippen LogP contribution in [0.15, 0.2) is 5.16 Å². The normalized spacial score (nSPS) is 20.8. The summed E-state index contributed by atoms with van der Waals surface area (Å²) >= 11 is 0. The zero-order valence-corrected chi connectivity index (χ0v) is 7.15. The number of carbonyl (C=O) groups is 1. The largest absolute Gasteiger partial charge is 0.399 e. The minimum Gasteiger partial charge on any atom is -0.399 e. The van der Waals surface area contributed by atoms with Crippen LogP contribution in [0.25, 0.3) is 0 Å². The van der Waals surface area contributed by atoms with Crippen molar-refractivity contribution in [3.05, 3.63) is 0 Å². The third kappa shape index (κ3) is 1.94. The Morgan fingerprint density at radius 1 is 1.75 bits per heavy atom. The maximum Gasteiger partial charge on any atom is 0.268 e. The van der Waals surface area contributed by atoms with E-state index in [1.165, 1.54) is 12.0 Å². The molecule has 12 heavy (non-hydrogen) atoms. The molecule has 5 nitrogen and oxygen atoms in total. The molecular weight excluding hydrogens is 160 g/mol. The van der Waals surface area contributed by atoms with Crippen LogP contribution in [0.3, 0.4) is 0 Å². The van der Waals surface area contributed by atoms with Gasteiger partial charge in [-0.05, 0) is 6.92 Å². The molecule has 1 N–H and O–H groups in total. The van der Waals surface area contributed by atoms with Crippen LogP contribution in [0.1, 0.15) is 6.92 Å². The van der Waals surface area contributed by atoms with Crippen LogP contribution in [-0.2, 0) is 9.63 Å². The summed E-state index contributed by atoms with van der Waals surface area (Å²) in [7, 11) is 1.37. The molecule has 1 aliphatic rings. The van der Waals surface area contributed by atoms with Crippen LogP contribution in [0.5, 0.6) is 0 Å². The summed E-state index contributed by atoms with van der Waals surface area (Å²) in [4.78, 5) is 16.9. The minimum absolute atomic E-state index is 0.233. The lowest BCUT2D eigenvalue weighted by molar-refractivity contribution is -0.144. The SMILES string of the molecule is CO/N=C/C(=O)N1CC(C)(O)C1. The molecule has 0 aromatic heterocycles. The quantitative estimate of drug-likeness (QED) is 0.438.